The first kappa shape index (κ1) is 15.4. The van der Waals surface area contributed by atoms with Gasteiger partial charge in [0.15, 0.2) is 0 Å². The van der Waals surface area contributed by atoms with E-state index in [0.29, 0.717) is 30.2 Å². The molecule has 1 aromatic heterocycles. The molecule has 6 nitrogen and oxygen atoms in total. The van der Waals surface area contributed by atoms with Crippen molar-refractivity contribution in [2.45, 2.75) is 18.2 Å². The van der Waals surface area contributed by atoms with Gasteiger partial charge in [0, 0.05) is 20.1 Å². The molecule has 1 aliphatic rings. The monoisotopic (exact) mass is 294 g/mol. The summed E-state index contributed by atoms with van der Waals surface area (Å²) in [6, 6.07) is 0. The smallest absolute Gasteiger partial charge is 0.246 e. The molecular formula is C10H19ClN4O2S. The second kappa shape index (κ2) is 5.56. The number of rotatable bonds is 3. The maximum Gasteiger partial charge on any atom is 0.246 e. The van der Waals surface area contributed by atoms with Gasteiger partial charge in [-0.05, 0) is 25.8 Å². The first-order valence-corrected chi connectivity index (χ1v) is 7.09. The summed E-state index contributed by atoms with van der Waals surface area (Å²) < 4.78 is 27.8. The molecule has 2 heterocycles. The average Bonchev–Trinajstić information content (AvgIpc) is 2.87. The van der Waals surface area contributed by atoms with Gasteiger partial charge in [-0.3, -0.25) is 4.68 Å². The highest BCUT2D eigenvalue weighted by molar-refractivity contribution is 7.89. The lowest BCUT2D eigenvalue weighted by Gasteiger charge is -2.15. The molecule has 1 aromatic rings. The highest BCUT2D eigenvalue weighted by Gasteiger charge is 2.33. The van der Waals surface area contributed by atoms with Crippen LogP contribution in [0.2, 0.25) is 0 Å². The zero-order valence-corrected chi connectivity index (χ0v) is 12.2. The minimum absolute atomic E-state index is 0. The van der Waals surface area contributed by atoms with Crippen LogP contribution in [0.5, 0.6) is 0 Å². The quantitative estimate of drug-likeness (QED) is 0.858. The highest BCUT2D eigenvalue weighted by atomic mass is 35.5. The van der Waals surface area contributed by atoms with Gasteiger partial charge in [0.1, 0.15) is 4.90 Å². The Hall–Kier alpha value is -0.630. The van der Waals surface area contributed by atoms with E-state index >= 15 is 0 Å². The van der Waals surface area contributed by atoms with E-state index in [1.807, 2.05) is 0 Å². The molecule has 104 valence electrons. The third-order valence-electron chi connectivity index (χ3n) is 3.39. The number of halogens is 1. The fraction of sp³-hybridized carbons (Fsp3) is 0.700. The van der Waals surface area contributed by atoms with Crippen molar-refractivity contribution in [1.29, 1.82) is 0 Å². The molecule has 2 rings (SSSR count). The molecule has 2 N–H and O–H groups in total. The molecule has 0 aromatic carbocycles. The van der Waals surface area contributed by atoms with E-state index in [9.17, 15) is 8.42 Å². The van der Waals surface area contributed by atoms with Gasteiger partial charge in [0.05, 0.1) is 11.9 Å². The van der Waals surface area contributed by atoms with Gasteiger partial charge in [-0.2, -0.15) is 9.40 Å². The summed E-state index contributed by atoms with van der Waals surface area (Å²) in [5.41, 5.74) is 6.24. The average molecular weight is 295 g/mol. The number of nitrogens with zero attached hydrogens (tertiary/aromatic N) is 3. The summed E-state index contributed by atoms with van der Waals surface area (Å²) in [7, 11) is -1.66. The molecule has 0 amide bonds. The fourth-order valence-electron chi connectivity index (χ4n) is 2.08. The molecule has 18 heavy (non-hydrogen) atoms. The number of hydrogen-bond donors (Lipinski definition) is 1. The number of hydrogen-bond acceptors (Lipinski definition) is 4. The first-order chi connectivity index (χ1) is 7.96. The molecule has 1 aliphatic heterocycles. The molecule has 8 heteroatoms. The van der Waals surface area contributed by atoms with Gasteiger partial charge >= 0.3 is 0 Å². The van der Waals surface area contributed by atoms with Crippen molar-refractivity contribution in [2.75, 3.05) is 19.6 Å². The van der Waals surface area contributed by atoms with Crippen LogP contribution in [-0.4, -0.2) is 42.1 Å². The Balaban J connectivity index is 0.00000162. The van der Waals surface area contributed by atoms with Crippen LogP contribution < -0.4 is 5.73 Å². The molecular weight excluding hydrogens is 276 g/mol. The van der Waals surface area contributed by atoms with Gasteiger partial charge in [-0.1, -0.05) is 0 Å². The Morgan fingerprint density at radius 1 is 1.56 bits per heavy atom. The standard InChI is InChI=1S/C10H18N4O2S.ClH/c1-8-10(6-12-13(8)2)17(15,16)14-4-3-9(5-11)7-14;/h6,9H,3-5,7,11H2,1-2H3;1H. The first-order valence-electron chi connectivity index (χ1n) is 5.65. The summed E-state index contributed by atoms with van der Waals surface area (Å²) in [4.78, 5) is 0.303. The lowest BCUT2D eigenvalue weighted by molar-refractivity contribution is 0.458. The van der Waals surface area contributed by atoms with E-state index < -0.39 is 10.0 Å². The van der Waals surface area contributed by atoms with Crippen molar-refractivity contribution in [3.63, 3.8) is 0 Å². The van der Waals surface area contributed by atoms with Gasteiger partial charge in [0.25, 0.3) is 0 Å². The minimum atomic E-state index is -3.40. The van der Waals surface area contributed by atoms with Crippen molar-refractivity contribution in [3.05, 3.63) is 11.9 Å². The molecule has 1 unspecified atom stereocenters. The van der Waals surface area contributed by atoms with Crippen molar-refractivity contribution in [1.82, 2.24) is 14.1 Å². The van der Waals surface area contributed by atoms with E-state index in [0.717, 1.165) is 6.42 Å². The molecule has 1 atom stereocenters. The van der Waals surface area contributed by atoms with Crippen LogP contribution in [0.1, 0.15) is 12.1 Å². The molecule has 1 saturated heterocycles. The molecule has 0 spiro atoms. The maximum atomic E-state index is 12.4. The van der Waals surface area contributed by atoms with Gasteiger partial charge in [0.2, 0.25) is 10.0 Å². The van der Waals surface area contributed by atoms with Crippen LogP contribution in [0.4, 0.5) is 0 Å². The van der Waals surface area contributed by atoms with Crippen molar-refractivity contribution >= 4 is 22.4 Å². The number of nitrogens with two attached hydrogens (primary N) is 1. The lowest BCUT2D eigenvalue weighted by Crippen LogP contribution is -2.30. The number of sulfonamides is 1. The summed E-state index contributed by atoms with van der Waals surface area (Å²) in [5, 5.41) is 3.98. The predicted molar refractivity (Wildman–Crippen MR) is 71.1 cm³/mol. The second-order valence-corrected chi connectivity index (χ2v) is 6.38. The van der Waals surface area contributed by atoms with Gasteiger partial charge in [-0.25, -0.2) is 8.42 Å². The van der Waals surface area contributed by atoms with Crippen LogP contribution in [-0.2, 0) is 17.1 Å². The summed E-state index contributed by atoms with van der Waals surface area (Å²) in [5.74, 6) is 0.279. The zero-order chi connectivity index (χ0) is 12.6. The largest absolute Gasteiger partial charge is 0.330 e. The highest BCUT2D eigenvalue weighted by Crippen LogP contribution is 2.25. The van der Waals surface area contributed by atoms with Crippen LogP contribution in [0.15, 0.2) is 11.1 Å². The molecule has 0 bridgehead atoms. The Morgan fingerprint density at radius 2 is 2.22 bits per heavy atom. The van der Waals surface area contributed by atoms with Gasteiger partial charge in [-0.15, -0.1) is 12.4 Å². The third kappa shape index (κ3) is 2.54. The van der Waals surface area contributed by atoms with Crippen LogP contribution in [0.25, 0.3) is 0 Å². The summed E-state index contributed by atoms with van der Waals surface area (Å²) in [6.07, 6.45) is 2.26. The molecule has 0 radical (unpaired) electrons. The van der Waals surface area contributed by atoms with E-state index in [1.165, 1.54) is 10.5 Å². The summed E-state index contributed by atoms with van der Waals surface area (Å²) in [6.45, 7) is 3.38. The van der Waals surface area contributed by atoms with Crippen LogP contribution in [0.3, 0.4) is 0 Å². The van der Waals surface area contributed by atoms with Crippen LogP contribution >= 0.6 is 12.4 Å². The Kier molecular flexibility index (Phi) is 4.77. The predicted octanol–water partition coefficient (Wildman–Crippen LogP) is 0.120. The Morgan fingerprint density at radius 3 is 2.67 bits per heavy atom. The van der Waals surface area contributed by atoms with Crippen LogP contribution in [0, 0.1) is 12.8 Å². The molecule has 1 fully saturated rings. The van der Waals surface area contributed by atoms with Crippen molar-refractivity contribution < 1.29 is 8.42 Å². The number of aromatic nitrogens is 2. The fourth-order valence-corrected chi connectivity index (χ4v) is 3.80. The second-order valence-electron chi connectivity index (χ2n) is 4.47. The molecule has 0 aliphatic carbocycles. The maximum absolute atomic E-state index is 12.4. The van der Waals surface area contributed by atoms with Gasteiger partial charge < -0.3 is 5.73 Å². The SMILES string of the molecule is Cc1c(S(=O)(=O)N2CCC(CN)C2)cnn1C.Cl. The Bertz CT molecular complexity index is 514. The summed E-state index contributed by atoms with van der Waals surface area (Å²) >= 11 is 0. The number of aryl methyl sites for hydroxylation is 1. The van der Waals surface area contributed by atoms with Crippen molar-refractivity contribution in [2.24, 2.45) is 18.7 Å². The lowest BCUT2D eigenvalue weighted by atomic mass is 10.1. The minimum Gasteiger partial charge on any atom is -0.330 e. The molecule has 0 saturated carbocycles. The zero-order valence-electron chi connectivity index (χ0n) is 10.5. The van der Waals surface area contributed by atoms with E-state index in [2.05, 4.69) is 5.10 Å². The van der Waals surface area contributed by atoms with E-state index in [4.69, 9.17) is 5.73 Å². The third-order valence-corrected chi connectivity index (χ3v) is 5.36. The normalized spacial score (nSPS) is 20.9. The topological polar surface area (TPSA) is 81.2 Å². The van der Waals surface area contributed by atoms with Crippen molar-refractivity contribution in [3.8, 4) is 0 Å². The van der Waals surface area contributed by atoms with E-state index in [-0.39, 0.29) is 18.3 Å². The van der Waals surface area contributed by atoms with E-state index in [1.54, 1.807) is 18.7 Å². The Labute approximate surface area is 114 Å².